The first-order chi connectivity index (χ1) is 12.4. The van der Waals surface area contributed by atoms with Crippen LogP contribution in [0.3, 0.4) is 0 Å². The first kappa shape index (κ1) is 19.7. The molecule has 0 aromatic heterocycles. The van der Waals surface area contributed by atoms with Crippen LogP contribution < -0.4 is 10.2 Å². The van der Waals surface area contributed by atoms with Crippen LogP contribution in [0.5, 0.6) is 0 Å². The first-order valence-corrected chi connectivity index (χ1v) is 11.1. The minimum atomic E-state index is 0.118. The van der Waals surface area contributed by atoms with Crippen LogP contribution in [-0.2, 0) is 10.2 Å². The van der Waals surface area contributed by atoms with Gasteiger partial charge in [-0.1, -0.05) is 52.0 Å². The van der Waals surface area contributed by atoms with Crippen LogP contribution in [0, 0.1) is 0 Å². The van der Waals surface area contributed by atoms with E-state index in [0.29, 0.717) is 5.91 Å². The van der Waals surface area contributed by atoms with E-state index in [1.165, 1.54) is 37.3 Å². The number of piperazine rings is 1. The Morgan fingerprint density at radius 3 is 2.42 bits per heavy atom. The van der Waals surface area contributed by atoms with Gasteiger partial charge in [-0.05, 0) is 23.0 Å². The number of nitrogens with zero attached hydrogens (tertiary/aromatic N) is 1. The molecule has 0 unspecified atom stereocenters. The fraction of sp³-hybridized carbons (Fsp3) is 0.667. The molecule has 3 N–H and O–H groups in total. The van der Waals surface area contributed by atoms with E-state index in [4.69, 9.17) is 0 Å². The number of benzene rings is 1. The fourth-order valence-electron chi connectivity index (χ4n) is 3.90. The number of hydrogen-bond donors (Lipinski definition) is 2. The van der Waals surface area contributed by atoms with Gasteiger partial charge in [0, 0.05) is 0 Å². The Labute approximate surface area is 162 Å². The second-order valence-electron chi connectivity index (χ2n) is 8.65. The van der Waals surface area contributed by atoms with E-state index in [1.54, 1.807) is 4.90 Å². The molecule has 2 atom stereocenters. The topological polar surface area (TPSA) is 41.4 Å². The highest BCUT2D eigenvalue weighted by molar-refractivity contribution is 8.01. The highest BCUT2D eigenvalue weighted by Gasteiger charge is 2.40. The maximum Gasteiger partial charge on any atom is 0.237 e. The first-order valence-electron chi connectivity index (χ1n) is 10.1. The van der Waals surface area contributed by atoms with Gasteiger partial charge < -0.3 is 15.1 Å². The maximum absolute atomic E-state index is 12.9. The number of rotatable bonds is 5. The summed E-state index contributed by atoms with van der Waals surface area (Å²) in [6.45, 7) is 15.7. The molecule has 1 aromatic carbocycles. The van der Waals surface area contributed by atoms with E-state index in [9.17, 15) is 4.79 Å². The summed E-state index contributed by atoms with van der Waals surface area (Å²) in [6, 6.07) is 8.95. The summed E-state index contributed by atoms with van der Waals surface area (Å²) < 4.78 is 0. The van der Waals surface area contributed by atoms with Gasteiger partial charge in [-0.25, -0.2) is 0 Å². The maximum atomic E-state index is 12.9. The zero-order valence-corrected chi connectivity index (χ0v) is 17.6. The Bertz CT molecular complexity index is 605. The molecule has 0 saturated carbocycles. The van der Waals surface area contributed by atoms with Gasteiger partial charge in [0.25, 0.3) is 0 Å². The van der Waals surface area contributed by atoms with Crippen LogP contribution in [0.2, 0.25) is 0 Å². The van der Waals surface area contributed by atoms with Gasteiger partial charge in [-0.3, -0.25) is 4.79 Å². The van der Waals surface area contributed by atoms with E-state index >= 15 is 0 Å². The van der Waals surface area contributed by atoms with Gasteiger partial charge in [0.15, 0.2) is 0 Å². The lowest BCUT2D eigenvalue weighted by molar-refractivity contribution is -0.946. The van der Waals surface area contributed by atoms with Gasteiger partial charge in [-0.2, -0.15) is 0 Å². The van der Waals surface area contributed by atoms with Gasteiger partial charge >= 0.3 is 0 Å². The van der Waals surface area contributed by atoms with Crippen LogP contribution in [0.4, 0.5) is 0 Å². The molecule has 2 saturated heterocycles. The average Bonchev–Trinajstić information content (AvgIpc) is 2.96. The second-order valence-corrected chi connectivity index (χ2v) is 9.94. The second kappa shape index (κ2) is 8.32. The summed E-state index contributed by atoms with van der Waals surface area (Å²) in [6.07, 6.45) is 0.919. The highest BCUT2D eigenvalue weighted by Crippen LogP contribution is 2.44. The summed E-state index contributed by atoms with van der Waals surface area (Å²) in [5.41, 5.74) is 2.79. The Morgan fingerprint density at radius 2 is 1.85 bits per heavy atom. The predicted molar refractivity (Wildman–Crippen MR) is 108 cm³/mol. The SMILES string of the molecule is CC[C@H]1S[C@@H](c2ccc(C(C)(C)C)cc2)N(CC[NH+]2CC[NH2+]CC2)C1=O. The van der Waals surface area contributed by atoms with Crippen molar-refractivity contribution in [3.8, 4) is 0 Å². The quantitative estimate of drug-likeness (QED) is 0.797. The Balaban J connectivity index is 1.73. The van der Waals surface area contributed by atoms with Gasteiger partial charge in [0.05, 0.1) is 18.3 Å². The van der Waals surface area contributed by atoms with Gasteiger partial charge in [-0.15, -0.1) is 11.8 Å². The summed E-state index contributed by atoms with van der Waals surface area (Å²) in [5, 5.41) is 2.69. The molecule has 2 heterocycles. The van der Waals surface area contributed by atoms with E-state index in [0.717, 1.165) is 19.5 Å². The number of nitrogens with one attached hydrogen (secondary N) is 1. The van der Waals surface area contributed by atoms with Crippen molar-refractivity contribution in [1.29, 1.82) is 0 Å². The number of carbonyl (C=O) groups is 1. The van der Waals surface area contributed by atoms with Crippen molar-refractivity contribution in [1.82, 2.24) is 4.90 Å². The van der Waals surface area contributed by atoms with Crippen molar-refractivity contribution in [3.63, 3.8) is 0 Å². The number of thioether (sulfide) groups is 1. The molecule has 0 aliphatic carbocycles. The molecule has 3 rings (SSSR count). The van der Waals surface area contributed by atoms with Crippen molar-refractivity contribution in [2.24, 2.45) is 0 Å². The molecule has 4 nitrogen and oxygen atoms in total. The van der Waals surface area contributed by atoms with Crippen LogP contribution in [0.1, 0.15) is 50.6 Å². The number of quaternary nitrogens is 2. The molecular weight excluding hydrogens is 342 g/mol. The van der Waals surface area contributed by atoms with E-state index in [-0.39, 0.29) is 16.0 Å². The van der Waals surface area contributed by atoms with E-state index < -0.39 is 0 Å². The van der Waals surface area contributed by atoms with Crippen molar-refractivity contribution >= 4 is 17.7 Å². The van der Waals surface area contributed by atoms with Crippen LogP contribution in [0.25, 0.3) is 0 Å². The molecule has 0 spiro atoms. The van der Waals surface area contributed by atoms with Crippen LogP contribution in [0.15, 0.2) is 24.3 Å². The summed E-state index contributed by atoms with van der Waals surface area (Å²) in [7, 11) is 0. The Morgan fingerprint density at radius 1 is 1.19 bits per heavy atom. The molecule has 144 valence electrons. The zero-order chi connectivity index (χ0) is 18.7. The summed E-state index contributed by atoms with van der Waals surface area (Å²) >= 11 is 1.84. The monoisotopic (exact) mass is 377 g/mol. The van der Waals surface area contributed by atoms with E-state index in [1.807, 2.05) is 11.8 Å². The molecule has 2 aliphatic rings. The predicted octanol–water partition coefficient (Wildman–Crippen LogP) is 0.799. The molecule has 0 bridgehead atoms. The van der Waals surface area contributed by atoms with Crippen molar-refractivity contribution < 1.29 is 15.0 Å². The lowest BCUT2D eigenvalue weighted by Crippen LogP contribution is -3.20. The number of carbonyl (C=O) groups excluding carboxylic acids is 1. The standard InChI is InChI=1S/C21H33N3OS/c1-5-18-19(25)24(15-14-23-12-10-22-11-13-23)20(26-18)16-6-8-17(9-7-16)21(2,3)4/h6-9,18,20,22H,5,10-15H2,1-4H3/p+2/t18-,20+/m1/s1. The average molecular weight is 378 g/mol. The minimum Gasteiger partial charge on any atom is -0.337 e. The van der Waals surface area contributed by atoms with Gasteiger partial charge in [0.2, 0.25) is 5.91 Å². The fourth-order valence-corrected chi connectivity index (χ4v) is 5.33. The smallest absolute Gasteiger partial charge is 0.237 e. The third kappa shape index (κ3) is 4.44. The van der Waals surface area contributed by atoms with Crippen LogP contribution in [-0.4, -0.2) is 55.3 Å². The Hall–Kier alpha value is -1.04. The number of hydrogen-bond acceptors (Lipinski definition) is 2. The normalized spacial score (nSPS) is 25.1. The third-order valence-electron chi connectivity index (χ3n) is 5.68. The van der Waals surface area contributed by atoms with Crippen molar-refractivity contribution in [3.05, 3.63) is 35.4 Å². The van der Waals surface area contributed by atoms with Crippen molar-refractivity contribution in [2.75, 3.05) is 39.3 Å². The molecule has 1 amide bonds. The lowest BCUT2D eigenvalue weighted by Gasteiger charge is -2.28. The molecule has 2 aliphatic heterocycles. The largest absolute Gasteiger partial charge is 0.337 e. The molecule has 26 heavy (non-hydrogen) atoms. The van der Waals surface area contributed by atoms with Crippen LogP contribution >= 0.6 is 11.8 Å². The molecule has 1 aromatic rings. The third-order valence-corrected chi connectivity index (χ3v) is 7.33. The molecule has 5 heteroatoms. The van der Waals surface area contributed by atoms with E-state index in [2.05, 4.69) is 62.2 Å². The summed E-state index contributed by atoms with van der Waals surface area (Å²) in [5.74, 6) is 0.338. The zero-order valence-electron chi connectivity index (χ0n) is 16.8. The van der Waals surface area contributed by atoms with Crippen molar-refractivity contribution in [2.45, 2.75) is 50.2 Å². The minimum absolute atomic E-state index is 0.118. The summed E-state index contributed by atoms with van der Waals surface area (Å²) in [4.78, 5) is 16.7. The lowest BCUT2D eigenvalue weighted by atomic mass is 9.86. The highest BCUT2D eigenvalue weighted by atomic mass is 32.2. The Kier molecular flexibility index (Phi) is 6.31. The van der Waals surface area contributed by atoms with Gasteiger partial charge in [0.1, 0.15) is 31.6 Å². The number of nitrogens with two attached hydrogens (primary N) is 1. The molecular formula is C21H35N3OS+2. The number of amides is 1. The molecule has 2 fully saturated rings. The molecule has 0 radical (unpaired) electrons.